The zero-order valence-corrected chi connectivity index (χ0v) is 17.0. The molecule has 0 spiro atoms. The highest BCUT2D eigenvalue weighted by Gasteiger charge is 2.29. The second-order valence-electron chi connectivity index (χ2n) is 6.69. The number of hydrogen-bond donors (Lipinski definition) is 2. The van der Waals surface area contributed by atoms with E-state index >= 15 is 0 Å². The maximum atomic E-state index is 13.1. The average molecular weight is 382 g/mol. The molecule has 0 aromatic heterocycles. The van der Waals surface area contributed by atoms with E-state index in [4.69, 9.17) is 0 Å². The van der Waals surface area contributed by atoms with Gasteiger partial charge >= 0.3 is 0 Å². The van der Waals surface area contributed by atoms with Crippen molar-refractivity contribution in [2.24, 2.45) is 4.99 Å². The van der Waals surface area contributed by atoms with Crippen LogP contribution in [0, 0.1) is 0 Å². The first-order chi connectivity index (χ1) is 12.4. The van der Waals surface area contributed by atoms with Crippen LogP contribution in [0.1, 0.15) is 25.8 Å². The number of benzene rings is 1. The molecule has 1 aromatic rings. The smallest absolute Gasteiger partial charge is 0.243 e. The second kappa shape index (κ2) is 9.34. The lowest BCUT2D eigenvalue weighted by Crippen LogP contribution is -2.47. The van der Waals surface area contributed by atoms with Gasteiger partial charge in [-0.25, -0.2) is 8.42 Å². The third kappa shape index (κ3) is 5.18. The highest BCUT2D eigenvalue weighted by Crippen LogP contribution is 2.21. The topological polar surface area (TPSA) is 77.0 Å². The zero-order valence-electron chi connectivity index (χ0n) is 16.2. The minimum absolute atomic E-state index is 0.297. The van der Waals surface area contributed by atoms with E-state index in [2.05, 4.69) is 34.4 Å². The lowest BCUT2D eigenvalue weighted by molar-refractivity contribution is 0.222. The molecule has 1 aliphatic heterocycles. The van der Waals surface area contributed by atoms with E-state index in [0.29, 0.717) is 36.5 Å². The predicted molar refractivity (Wildman–Crippen MR) is 106 cm³/mol. The van der Waals surface area contributed by atoms with Crippen molar-refractivity contribution in [3.8, 4) is 0 Å². The van der Waals surface area contributed by atoms with Crippen molar-refractivity contribution in [2.45, 2.75) is 37.8 Å². The Balaban J connectivity index is 2.14. The summed E-state index contributed by atoms with van der Waals surface area (Å²) < 4.78 is 27.8. The molecule has 1 fully saturated rings. The molecule has 8 heteroatoms. The van der Waals surface area contributed by atoms with E-state index in [-0.39, 0.29) is 0 Å². The van der Waals surface area contributed by atoms with E-state index in [1.807, 2.05) is 19.2 Å². The Labute approximate surface area is 157 Å². The molecule has 1 aromatic carbocycles. The Kier molecular flexibility index (Phi) is 7.43. The van der Waals surface area contributed by atoms with Gasteiger partial charge in [-0.3, -0.25) is 4.99 Å². The van der Waals surface area contributed by atoms with Crippen LogP contribution in [0.15, 0.2) is 34.2 Å². The van der Waals surface area contributed by atoms with Crippen molar-refractivity contribution in [2.75, 3.05) is 40.3 Å². The largest absolute Gasteiger partial charge is 0.354 e. The van der Waals surface area contributed by atoms with Crippen LogP contribution in [0.5, 0.6) is 0 Å². The second-order valence-corrected chi connectivity index (χ2v) is 8.60. The number of nitrogens with one attached hydrogen (secondary N) is 2. The fraction of sp³-hybridized carbons (Fsp3) is 0.611. The normalized spacial score (nSPS) is 18.5. The van der Waals surface area contributed by atoms with Gasteiger partial charge in [-0.2, -0.15) is 4.31 Å². The van der Waals surface area contributed by atoms with Crippen LogP contribution in [0.3, 0.4) is 0 Å². The summed E-state index contributed by atoms with van der Waals surface area (Å²) in [6, 6.07) is 7.48. The van der Waals surface area contributed by atoms with Crippen LogP contribution >= 0.6 is 0 Å². The molecule has 0 amide bonds. The molecular formula is C18H31N5O2S. The van der Waals surface area contributed by atoms with Crippen LogP contribution in [0.4, 0.5) is 0 Å². The molecule has 1 aliphatic rings. The summed E-state index contributed by atoms with van der Waals surface area (Å²) in [5.41, 5.74) is 0.749. The molecule has 2 rings (SSSR count). The molecule has 0 saturated carbocycles. The Hall–Kier alpha value is -1.64. The van der Waals surface area contributed by atoms with Gasteiger partial charge in [0.05, 0.1) is 4.90 Å². The van der Waals surface area contributed by atoms with Gasteiger partial charge in [0, 0.05) is 45.8 Å². The third-order valence-electron chi connectivity index (χ3n) is 4.72. The summed E-state index contributed by atoms with van der Waals surface area (Å²) >= 11 is 0. The molecule has 1 saturated heterocycles. The number of nitrogens with zero attached hydrogens (tertiary/aromatic N) is 3. The molecule has 146 valence electrons. The summed E-state index contributed by atoms with van der Waals surface area (Å²) in [6.45, 7) is 7.15. The van der Waals surface area contributed by atoms with Gasteiger partial charge in [0.2, 0.25) is 10.0 Å². The lowest BCUT2D eigenvalue weighted by atomic mass is 10.2. The molecule has 0 radical (unpaired) electrons. The molecular weight excluding hydrogens is 350 g/mol. The van der Waals surface area contributed by atoms with Crippen molar-refractivity contribution in [3.05, 3.63) is 29.8 Å². The van der Waals surface area contributed by atoms with E-state index in [1.165, 1.54) is 0 Å². The minimum Gasteiger partial charge on any atom is -0.354 e. The van der Waals surface area contributed by atoms with Crippen LogP contribution in [0.25, 0.3) is 0 Å². The van der Waals surface area contributed by atoms with Crippen LogP contribution in [0.2, 0.25) is 0 Å². The maximum Gasteiger partial charge on any atom is 0.243 e. The summed E-state index contributed by atoms with van der Waals surface area (Å²) in [5.74, 6) is 0.672. The predicted octanol–water partition coefficient (Wildman–Crippen LogP) is 1.09. The molecule has 0 aliphatic carbocycles. The van der Waals surface area contributed by atoms with Crippen molar-refractivity contribution < 1.29 is 8.42 Å². The molecule has 1 heterocycles. The van der Waals surface area contributed by atoms with Gasteiger partial charge in [0.1, 0.15) is 0 Å². The molecule has 7 nitrogen and oxygen atoms in total. The maximum absolute atomic E-state index is 13.1. The van der Waals surface area contributed by atoms with Crippen molar-refractivity contribution >= 4 is 16.0 Å². The summed E-state index contributed by atoms with van der Waals surface area (Å²) in [7, 11) is 0.232. The van der Waals surface area contributed by atoms with E-state index in [1.54, 1.807) is 23.5 Å². The molecule has 0 bridgehead atoms. The number of sulfonamides is 1. The zero-order chi connectivity index (χ0) is 19.2. The number of aliphatic imine (C=N–C) groups is 1. The van der Waals surface area contributed by atoms with Gasteiger partial charge < -0.3 is 15.5 Å². The van der Waals surface area contributed by atoms with Crippen LogP contribution in [-0.4, -0.2) is 69.9 Å². The number of rotatable bonds is 6. The summed E-state index contributed by atoms with van der Waals surface area (Å²) in [6.07, 6.45) is 0.981. The highest BCUT2D eigenvalue weighted by molar-refractivity contribution is 7.89. The third-order valence-corrected chi connectivity index (χ3v) is 6.72. The molecule has 1 atom stereocenters. The van der Waals surface area contributed by atoms with Gasteiger partial charge in [-0.05, 0) is 32.0 Å². The van der Waals surface area contributed by atoms with Gasteiger partial charge in [0.25, 0.3) is 0 Å². The van der Waals surface area contributed by atoms with E-state index < -0.39 is 10.0 Å². The standard InChI is InChI=1S/C18H31N5O2S/c1-5-15(2)21-18(19-3)20-14-16-8-6-7-9-17(16)26(24,25)23-12-10-22(4)11-13-23/h6-9,15H,5,10-14H2,1-4H3,(H2,19,20,21). The number of hydrogen-bond acceptors (Lipinski definition) is 4. The fourth-order valence-electron chi connectivity index (χ4n) is 2.78. The molecule has 2 N–H and O–H groups in total. The first-order valence-electron chi connectivity index (χ1n) is 9.12. The Bertz CT molecular complexity index is 712. The Morgan fingerprint density at radius 1 is 1.23 bits per heavy atom. The van der Waals surface area contributed by atoms with Gasteiger partial charge in [-0.1, -0.05) is 25.1 Å². The fourth-order valence-corrected chi connectivity index (χ4v) is 4.42. The number of likely N-dealkylation sites (N-methyl/N-ethyl adjacent to an activating group) is 1. The van der Waals surface area contributed by atoms with Crippen molar-refractivity contribution in [1.82, 2.24) is 19.8 Å². The summed E-state index contributed by atoms with van der Waals surface area (Å²) in [4.78, 5) is 6.72. The quantitative estimate of drug-likeness (QED) is 0.570. The highest BCUT2D eigenvalue weighted by atomic mass is 32.2. The van der Waals surface area contributed by atoms with Crippen LogP contribution < -0.4 is 10.6 Å². The van der Waals surface area contributed by atoms with Crippen molar-refractivity contribution in [3.63, 3.8) is 0 Å². The lowest BCUT2D eigenvalue weighted by Gasteiger charge is -2.32. The molecule has 1 unspecified atom stereocenters. The Morgan fingerprint density at radius 2 is 1.88 bits per heavy atom. The van der Waals surface area contributed by atoms with E-state index in [9.17, 15) is 8.42 Å². The SMILES string of the molecule is CCC(C)NC(=NC)NCc1ccccc1S(=O)(=O)N1CCN(C)CC1. The van der Waals surface area contributed by atoms with Crippen LogP contribution in [-0.2, 0) is 16.6 Å². The Morgan fingerprint density at radius 3 is 2.50 bits per heavy atom. The number of guanidine groups is 1. The average Bonchev–Trinajstić information content (AvgIpc) is 2.65. The number of piperazine rings is 1. The summed E-state index contributed by atoms with van der Waals surface area (Å²) in [5, 5.41) is 6.51. The first-order valence-corrected chi connectivity index (χ1v) is 10.6. The van der Waals surface area contributed by atoms with Crippen molar-refractivity contribution in [1.29, 1.82) is 0 Å². The molecule has 26 heavy (non-hydrogen) atoms. The van der Waals surface area contributed by atoms with Gasteiger partial charge in [0.15, 0.2) is 5.96 Å². The monoisotopic (exact) mass is 381 g/mol. The minimum atomic E-state index is -3.49. The van der Waals surface area contributed by atoms with Gasteiger partial charge in [-0.15, -0.1) is 0 Å². The van der Waals surface area contributed by atoms with E-state index in [0.717, 1.165) is 25.1 Å². The first kappa shape index (κ1) is 20.7.